The molecule has 0 aromatic carbocycles. The largest absolute Gasteiger partial charge is 0.356 e. The number of nitrogens with one attached hydrogen (secondary N) is 1. The van der Waals surface area contributed by atoms with E-state index in [0.717, 1.165) is 31.7 Å². The number of nitriles is 1. The number of hydrogen-bond acceptors (Lipinski definition) is 4. The lowest BCUT2D eigenvalue weighted by Crippen LogP contribution is -2.22. The summed E-state index contributed by atoms with van der Waals surface area (Å²) in [5, 5.41) is 12.5. The molecule has 1 aliphatic heterocycles. The molecule has 20 heavy (non-hydrogen) atoms. The summed E-state index contributed by atoms with van der Waals surface area (Å²) in [6, 6.07) is 2.19. The second-order valence-corrected chi connectivity index (χ2v) is 5.13. The van der Waals surface area contributed by atoms with Crippen LogP contribution in [-0.2, 0) is 6.42 Å². The summed E-state index contributed by atoms with van der Waals surface area (Å²) >= 11 is 0. The minimum Gasteiger partial charge on any atom is -0.356 e. The summed E-state index contributed by atoms with van der Waals surface area (Å²) in [5.41, 5.74) is 2.21. The zero-order chi connectivity index (χ0) is 14.3. The van der Waals surface area contributed by atoms with E-state index in [1.165, 1.54) is 4.52 Å². The normalized spacial score (nSPS) is 14.9. The number of hydrogen-bond donors (Lipinski definition) is 1. The topological polar surface area (TPSA) is 77.2 Å². The SMILES string of the molecule is CCc1c(C)nc2c(C#N)c(N3CCCC3)[nH]n2c1=O. The second-order valence-electron chi connectivity index (χ2n) is 5.13. The van der Waals surface area contributed by atoms with E-state index >= 15 is 0 Å². The number of anilines is 1. The number of H-pyrrole nitrogens is 1. The summed E-state index contributed by atoms with van der Waals surface area (Å²) < 4.78 is 1.41. The molecule has 2 aromatic heterocycles. The third-order valence-electron chi connectivity index (χ3n) is 3.95. The number of fused-ring (bicyclic) bond motifs is 1. The van der Waals surface area contributed by atoms with Crippen LogP contribution in [0, 0.1) is 18.3 Å². The molecule has 1 saturated heterocycles. The van der Waals surface area contributed by atoms with Crippen LogP contribution in [0.2, 0.25) is 0 Å². The van der Waals surface area contributed by atoms with Crippen LogP contribution in [0.25, 0.3) is 5.65 Å². The van der Waals surface area contributed by atoms with E-state index in [1.54, 1.807) is 0 Å². The minimum absolute atomic E-state index is 0.100. The highest BCUT2D eigenvalue weighted by Gasteiger charge is 2.23. The maximum atomic E-state index is 12.4. The Morgan fingerprint density at radius 1 is 1.40 bits per heavy atom. The molecule has 6 heteroatoms. The van der Waals surface area contributed by atoms with Crippen LogP contribution in [0.15, 0.2) is 4.79 Å². The quantitative estimate of drug-likeness (QED) is 0.894. The number of aromatic amines is 1. The molecule has 0 bridgehead atoms. The molecule has 0 radical (unpaired) electrons. The second kappa shape index (κ2) is 4.67. The van der Waals surface area contributed by atoms with Crippen LogP contribution in [0.1, 0.15) is 36.6 Å². The number of nitrogens with zero attached hydrogens (tertiary/aromatic N) is 4. The Bertz CT molecular complexity index is 758. The Balaban J connectivity index is 2.31. The van der Waals surface area contributed by atoms with Gasteiger partial charge in [0.1, 0.15) is 17.5 Å². The van der Waals surface area contributed by atoms with Crippen LogP contribution >= 0.6 is 0 Å². The Morgan fingerprint density at radius 2 is 2.10 bits per heavy atom. The van der Waals surface area contributed by atoms with E-state index in [1.807, 2.05) is 13.8 Å². The maximum Gasteiger partial charge on any atom is 0.276 e. The summed E-state index contributed by atoms with van der Waals surface area (Å²) in [6.07, 6.45) is 2.87. The average molecular weight is 271 g/mol. The molecular formula is C14H17N5O. The molecule has 0 unspecified atom stereocenters. The van der Waals surface area contributed by atoms with E-state index in [4.69, 9.17) is 0 Å². The fourth-order valence-corrected chi connectivity index (χ4v) is 2.88. The monoisotopic (exact) mass is 271 g/mol. The van der Waals surface area contributed by atoms with E-state index < -0.39 is 0 Å². The molecule has 6 nitrogen and oxygen atoms in total. The van der Waals surface area contributed by atoms with Crippen LogP contribution in [-0.4, -0.2) is 27.7 Å². The Kier molecular flexibility index (Phi) is 2.97. The highest BCUT2D eigenvalue weighted by Crippen LogP contribution is 2.25. The Morgan fingerprint density at radius 3 is 2.70 bits per heavy atom. The van der Waals surface area contributed by atoms with Gasteiger partial charge in [0.25, 0.3) is 5.56 Å². The van der Waals surface area contributed by atoms with Gasteiger partial charge in [-0.15, -0.1) is 0 Å². The smallest absolute Gasteiger partial charge is 0.276 e. The van der Waals surface area contributed by atoms with Gasteiger partial charge in [-0.25, -0.2) is 4.98 Å². The van der Waals surface area contributed by atoms with Gasteiger partial charge >= 0.3 is 0 Å². The molecule has 0 amide bonds. The molecular weight excluding hydrogens is 254 g/mol. The highest BCUT2D eigenvalue weighted by atomic mass is 16.1. The maximum absolute atomic E-state index is 12.4. The molecule has 1 N–H and O–H groups in total. The van der Waals surface area contributed by atoms with Gasteiger partial charge < -0.3 is 4.90 Å². The first-order valence-corrected chi connectivity index (χ1v) is 6.96. The predicted molar refractivity (Wildman–Crippen MR) is 76.1 cm³/mol. The third kappa shape index (κ3) is 1.70. The van der Waals surface area contributed by atoms with Gasteiger partial charge in [-0.05, 0) is 26.2 Å². The molecule has 0 atom stereocenters. The summed E-state index contributed by atoms with van der Waals surface area (Å²) in [5.74, 6) is 0.724. The van der Waals surface area contributed by atoms with E-state index in [2.05, 4.69) is 21.1 Å². The van der Waals surface area contributed by atoms with Crippen molar-refractivity contribution in [2.24, 2.45) is 0 Å². The van der Waals surface area contributed by atoms with Crippen molar-refractivity contribution in [3.63, 3.8) is 0 Å². The summed E-state index contributed by atoms with van der Waals surface area (Å²) in [7, 11) is 0. The van der Waals surface area contributed by atoms with Crippen LogP contribution in [0.3, 0.4) is 0 Å². The number of aryl methyl sites for hydroxylation is 1. The average Bonchev–Trinajstić information content (AvgIpc) is 3.05. The fraction of sp³-hybridized carbons (Fsp3) is 0.500. The molecule has 1 aliphatic rings. The lowest BCUT2D eigenvalue weighted by atomic mass is 10.2. The first-order valence-electron chi connectivity index (χ1n) is 6.96. The standard InChI is InChI=1S/C14H17N5O/c1-3-10-9(2)16-12-11(8-15)13(17-19(12)14(10)20)18-6-4-5-7-18/h17H,3-7H2,1-2H3. The van der Waals surface area contributed by atoms with Crippen molar-refractivity contribution in [3.05, 3.63) is 27.2 Å². The van der Waals surface area contributed by atoms with Crippen LogP contribution < -0.4 is 10.5 Å². The first-order chi connectivity index (χ1) is 9.67. The molecule has 0 saturated carbocycles. The van der Waals surface area contributed by atoms with Gasteiger partial charge in [0.15, 0.2) is 5.65 Å². The Labute approximate surface area is 116 Å². The van der Waals surface area contributed by atoms with Gasteiger partial charge in [0.2, 0.25) is 0 Å². The lowest BCUT2D eigenvalue weighted by Gasteiger charge is -2.14. The van der Waals surface area contributed by atoms with E-state index in [9.17, 15) is 10.1 Å². The lowest BCUT2D eigenvalue weighted by molar-refractivity contribution is 0.831. The number of aromatic nitrogens is 3. The van der Waals surface area contributed by atoms with Crippen molar-refractivity contribution >= 4 is 11.5 Å². The van der Waals surface area contributed by atoms with Gasteiger partial charge in [-0.2, -0.15) is 9.78 Å². The molecule has 3 heterocycles. The van der Waals surface area contributed by atoms with Gasteiger partial charge in [-0.1, -0.05) is 6.92 Å². The molecule has 3 rings (SSSR count). The predicted octanol–water partition coefficient (Wildman–Crippen LogP) is 1.37. The number of rotatable bonds is 2. The molecule has 1 fully saturated rings. The van der Waals surface area contributed by atoms with E-state index in [-0.39, 0.29) is 5.56 Å². The molecule has 2 aromatic rings. The first kappa shape index (κ1) is 12.7. The van der Waals surface area contributed by atoms with Gasteiger partial charge in [-0.3, -0.25) is 9.89 Å². The van der Waals surface area contributed by atoms with Crippen molar-refractivity contribution in [1.29, 1.82) is 5.26 Å². The molecule has 0 spiro atoms. The van der Waals surface area contributed by atoms with Crippen molar-refractivity contribution in [2.45, 2.75) is 33.1 Å². The summed E-state index contributed by atoms with van der Waals surface area (Å²) in [6.45, 7) is 5.59. The van der Waals surface area contributed by atoms with Crippen molar-refractivity contribution in [1.82, 2.24) is 14.6 Å². The van der Waals surface area contributed by atoms with Gasteiger partial charge in [0.05, 0.1) is 0 Å². The highest BCUT2D eigenvalue weighted by molar-refractivity contribution is 5.69. The zero-order valence-corrected chi connectivity index (χ0v) is 11.7. The summed E-state index contributed by atoms with van der Waals surface area (Å²) in [4.78, 5) is 19.0. The van der Waals surface area contributed by atoms with Crippen LogP contribution in [0.4, 0.5) is 5.82 Å². The van der Waals surface area contributed by atoms with Crippen molar-refractivity contribution < 1.29 is 0 Å². The van der Waals surface area contributed by atoms with Crippen LogP contribution in [0.5, 0.6) is 0 Å². The molecule has 104 valence electrons. The zero-order valence-electron chi connectivity index (χ0n) is 11.7. The third-order valence-corrected chi connectivity index (χ3v) is 3.95. The Hall–Kier alpha value is -2.29. The van der Waals surface area contributed by atoms with E-state index in [0.29, 0.717) is 28.9 Å². The van der Waals surface area contributed by atoms with Crippen molar-refractivity contribution in [3.8, 4) is 6.07 Å². The van der Waals surface area contributed by atoms with Gasteiger partial charge in [0, 0.05) is 24.3 Å². The minimum atomic E-state index is -0.100. The van der Waals surface area contributed by atoms with Crippen molar-refractivity contribution in [2.75, 3.05) is 18.0 Å². The molecule has 0 aliphatic carbocycles. The fourth-order valence-electron chi connectivity index (χ4n) is 2.88.